The number of rotatable bonds is 2. The normalized spacial score (nSPS) is 8.33. The Hall–Kier alpha value is 0.600. The molecule has 0 spiro atoms. The molecule has 0 atom stereocenters. The SMILES string of the molecule is O=[P](OCl)OCl. The standard InChI is InChI=1S/Cl2O3P/c1-4-6(3)5-2. The predicted molar refractivity (Wildman–Crippen MR) is 21.5 cm³/mol. The minimum atomic E-state index is -2.30. The molecule has 0 aromatic heterocycles. The summed E-state index contributed by atoms with van der Waals surface area (Å²) in [4.78, 5) is 0. The van der Waals surface area contributed by atoms with Crippen LogP contribution in [0.5, 0.6) is 0 Å². The topological polar surface area (TPSA) is 35.5 Å². The highest BCUT2D eigenvalue weighted by Crippen LogP contribution is 2.26. The molecular weight excluding hydrogens is 150 g/mol. The van der Waals surface area contributed by atoms with Gasteiger partial charge in [-0.05, 0) is 0 Å². The molecule has 3 nitrogen and oxygen atoms in total. The molecule has 0 aromatic rings. The Balaban J connectivity index is 2.99. The van der Waals surface area contributed by atoms with Crippen molar-refractivity contribution < 1.29 is 12.7 Å². The van der Waals surface area contributed by atoms with E-state index in [2.05, 4.69) is 31.9 Å². The van der Waals surface area contributed by atoms with E-state index in [-0.39, 0.29) is 0 Å². The third-order valence-electron chi connectivity index (χ3n) is 0.113. The first-order chi connectivity index (χ1) is 2.81. The molecule has 37 valence electrons. The lowest BCUT2D eigenvalue weighted by atomic mass is 15.8. The van der Waals surface area contributed by atoms with E-state index in [4.69, 9.17) is 0 Å². The summed E-state index contributed by atoms with van der Waals surface area (Å²) >= 11 is 8.92. The second kappa shape index (κ2) is 3.78. The molecule has 0 saturated carbocycles. The van der Waals surface area contributed by atoms with Crippen molar-refractivity contribution in [3.63, 3.8) is 0 Å². The van der Waals surface area contributed by atoms with Gasteiger partial charge in [-0.2, -0.15) is 8.15 Å². The highest BCUT2D eigenvalue weighted by atomic mass is 35.5. The largest absolute Gasteiger partial charge is 0.404 e. The van der Waals surface area contributed by atoms with Gasteiger partial charge in [0.15, 0.2) is 0 Å². The monoisotopic (exact) mass is 149 g/mol. The lowest BCUT2D eigenvalue weighted by Crippen LogP contribution is -1.51. The molecule has 0 fully saturated rings. The van der Waals surface area contributed by atoms with Crippen LogP contribution in [0.15, 0.2) is 0 Å². The van der Waals surface area contributed by atoms with Gasteiger partial charge in [0, 0.05) is 0 Å². The molecule has 0 rings (SSSR count). The van der Waals surface area contributed by atoms with Crippen LogP contribution in [-0.2, 0) is 12.7 Å². The van der Waals surface area contributed by atoms with Gasteiger partial charge < -0.3 is 0 Å². The molecule has 6 heteroatoms. The molecule has 0 N–H and O–H groups in total. The molecule has 0 aliphatic carbocycles. The molecule has 0 saturated heterocycles. The second-order valence-corrected chi connectivity index (χ2v) is 1.91. The smallest absolute Gasteiger partial charge is 0.219 e. The summed E-state index contributed by atoms with van der Waals surface area (Å²) < 4.78 is 16.7. The Labute approximate surface area is 45.4 Å². The lowest BCUT2D eigenvalue weighted by Gasteiger charge is -1.78. The van der Waals surface area contributed by atoms with Crippen LogP contribution < -0.4 is 0 Å². The minimum Gasteiger partial charge on any atom is -0.219 e. The molecule has 0 aliphatic heterocycles. The summed E-state index contributed by atoms with van der Waals surface area (Å²) in [6, 6.07) is 0. The predicted octanol–water partition coefficient (Wildman–Crippen LogP) is 1.98. The zero-order chi connectivity index (χ0) is 4.99. The van der Waals surface area contributed by atoms with E-state index in [1.165, 1.54) is 0 Å². The van der Waals surface area contributed by atoms with Gasteiger partial charge in [0.1, 0.15) is 0 Å². The fourth-order valence-electron chi connectivity index (χ4n) is 0.0106. The highest BCUT2D eigenvalue weighted by molar-refractivity contribution is 7.35. The third kappa shape index (κ3) is 2.82. The number of hydrogen-bond acceptors (Lipinski definition) is 3. The van der Waals surface area contributed by atoms with E-state index in [0.29, 0.717) is 0 Å². The van der Waals surface area contributed by atoms with E-state index in [1.54, 1.807) is 0 Å². The molecule has 0 amide bonds. The lowest BCUT2D eigenvalue weighted by molar-refractivity contribution is 0.447. The van der Waals surface area contributed by atoms with E-state index in [1.807, 2.05) is 0 Å². The molecule has 0 unspecified atom stereocenters. The molecule has 6 heavy (non-hydrogen) atoms. The van der Waals surface area contributed by atoms with Crippen LogP contribution in [0.3, 0.4) is 0 Å². The van der Waals surface area contributed by atoms with Gasteiger partial charge >= 0.3 is 8.25 Å². The average molecular weight is 150 g/mol. The highest BCUT2D eigenvalue weighted by Gasteiger charge is 1.93. The number of halogens is 2. The summed E-state index contributed by atoms with van der Waals surface area (Å²) in [6.45, 7) is 0. The fourth-order valence-corrected chi connectivity index (χ4v) is 0.287. The van der Waals surface area contributed by atoms with E-state index >= 15 is 0 Å². The quantitative estimate of drug-likeness (QED) is 0.564. The second-order valence-electron chi connectivity index (χ2n) is 0.362. The van der Waals surface area contributed by atoms with Crippen LogP contribution in [0.1, 0.15) is 0 Å². The Morgan fingerprint density at radius 3 is 1.67 bits per heavy atom. The molecule has 1 radical (unpaired) electrons. The summed E-state index contributed by atoms with van der Waals surface area (Å²) in [5, 5.41) is 0. The van der Waals surface area contributed by atoms with Crippen molar-refractivity contribution in [3.8, 4) is 0 Å². The van der Waals surface area contributed by atoms with Crippen LogP contribution in [0.25, 0.3) is 0 Å². The maximum Gasteiger partial charge on any atom is 0.404 e. The minimum absolute atomic E-state index is 2.30. The van der Waals surface area contributed by atoms with Crippen molar-refractivity contribution in [2.75, 3.05) is 0 Å². The Morgan fingerprint density at radius 1 is 1.33 bits per heavy atom. The van der Waals surface area contributed by atoms with Crippen LogP contribution in [0, 0.1) is 0 Å². The van der Waals surface area contributed by atoms with Crippen molar-refractivity contribution in [2.45, 2.75) is 0 Å². The first-order valence-corrected chi connectivity index (χ1v) is 2.57. The zero-order valence-corrected chi connectivity index (χ0v) is 4.83. The molecule has 0 aliphatic rings. The van der Waals surface area contributed by atoms with Gasteiger partial charge in [-0.1, -0.05) is 0 Å². The van der Waals surface area contributed by atoms with Crippen molar-refractivity contribution >= 4 is 32.0 Å². The van der Waals surface area contributed by atoms with Crippen molar-refractivity contribution in [3.05, 3.63) is 0 Å². The van der Waals surface area contributed by atoms with Crippen molar-refractivity contribution in [2.24, 2.45) is 0 Å². The van der Waals surface area contributed by atoms with E-state index < -0.39 is 8.25 Å². The van der Waals surface area contributed by atoms with Crippen LogP contribution >= 0.6 is 32.0 Å². The summed E-state index contributed by atoms with van der Waals surface area (Å²) in [6.07, 6.45) is 0. The Kier molecular flexibility index (Phi) is 4.16. The van der Waals surface area contributed by atoms with Crippen LogP contribution in [-0.4, -0.2) is 0 Å². The van der Waals surface area contributed by atoms with Gasteiger partial charge in [-0.3, -0.25) is 0 Å². The summed E-state index contributed by atoms with van der Waals surface area (Å²) in [5.74, 6) is 0. The van der Waals surface area contributed by atoms with E-state index in [0.717, 1.165) is 0 Å². The third-order valence-corrected chi connectivity index (χ3v) is 1.01. The van der Waals surface area contributed by atoms with Gasteiger partial charge in [0.2, 0.25) is 0 Å². The van der Waals surface area contributed by atoms with Crippen molar-refractivity contribution in [1.82, 2.24) is 0 Å². The molecule has 0 heterocycles. The summed E-state index contributed by atoms with van der Waals surface area (Å²) in [5.41, 5.74) is 0. The summed E-state index contributed by atoms with van der Waals surface area (Å²) in [7, 11) is -2.30. The molecular formula is Cl2O3P. The van der Waals surface area contributed by atoms with Crippen LogP contribution in [0.2, 0.25) is 0 Å². The van der Waals surface area contributed by atoms with Gasteiger partial charge in [0.05, 0.1) is 23.7 Å². The van der Waals surface area contributed by atoms with Crippen molar-refractivity contribution in [1.29, 1.82) is 0 Å². The van der Waals surface area contributed by atoms with Gasteiger partial charge in [-0.15, -0.1) is 0 Å². The maximum absolute atomic E-state index is 9.62. The first kappa shape index (κ1) is 6.60. The Morgan fingerprint density at radius 2 is 1.67 bits per heavy atom. The van der Waals surface area contributed by atoms with Gasteiger partial charge in [0.25, 0.3) is 0 Å². The average Bonchev–Trinajstić information content (AvgIpc) is 1.65. The maximum atomic E-state index is 9.62. The van der Waals surface area contributed by atoms with E-state index in [9.17, 15) is 4.57 Å². The zero-order valence-electron chi connectivity index (χ0n) is 2.43. The molecule has 0 aromatic carbocycles. The Bertz CT molecular complexity index is 46.8. The van der Waals surface area contributed by atoms with Gasteiger partial charge in [-0.25, -0.2) is 4.57 Å². The first-order valence-electron chi connectivity index (χ1n) is 0.856. The molecule has 0 bridgehead atoms. The number of hydrogen-bond donors (Lipinski definition) is 0. The fraction of sp³-hybridized carbons (Fsp3) is 0. The van der Waals surface area contributed by atoms with Crippen LogP contribution in [0.4, 0.5) is 0 Å².